The number of phenolic OH excluding ortho intramolecular Hbond substituents is 1. The van der Waals surface area contributed by atoms with E-state index in [1.165, 1.54) is 0 Å². The number of phenols is 1. The first-order chi connectivity index (χ1) is 14.9. The molecule has 5 nitrogen and oxygen atoms in total. The summed E-state index contributed by atoms with van der Waals surface area (Å²) in [7, 11) is 3.61. The van der Waals surface area contributed by atoms with Crippen LogP contribution in [0.3, 0.4) is 0 Å². The van der Waals surface area contributed by atoms with E-state index in [2.05, 4.69) is 30.1 Å². The average molecular weight is 417 g/mol. The molecule has 0 amide bonds. The number of piperidine rings is 1. The smallest absolute Gasteiger partial charge is 0.162 e. The SMILES string of the molecule is COc1ccc2c(c1O)[C@@]13C=C(C#N)[C@@H](Cc4ccccc4)C[C@@]1(O)[C@H](C2)N(C)CC3. The maximum atomic E-state index is 12.4. The van der Waals surface area contributed by atoms with Crippen molar-refractivity contribution < 1.29 is 14.9 Å². The molecule has 1 heterocycles. The lowest BCUT2D eigenvalue weighted by molar-refractivity contribution is -0.140. The molecule has 0 unspecified atom stereocenters. The number of allylic oxidation sites excluding steroid dienone is 1. The highest BCUT2D eigenvalue weighted by atomic mass is 16.5. The van der Waals surface area contributed by atoms with Crippen LogP contribution < -0.4 is 4.74 Å². The molecule has 5 rings (SSSR count). The highest BCUT2D eigenvalue weighted by molar-refractivity contribution is 5.61. The second-order valence-corrected chi connectivity index (χ2v) is 9.30. The highest BCUT2D eigenvalue weighted by Crippen LogP contribution is 2.60. The Kier molecular flexibility index (Phi) is 4.62. The number of likely N-dealkylation sites (N-methyl/N-ethyl adjacent to an activating group) is 1. The Morgan fingerprint density at radius 2 is 2.00 bits per heavy atom. The Hall–Kier alpha value is -2.81. The number of hydrogen-bond donors (Lipinski definition) is 2. The number of methoxy groups -OCH3 is 1. The van der Waals surface area contributed by atoms with Gasteiger partial charge < -0.3 is 19.8 Å². The first kappa shape index (κ1) is 20.1. The zero-order chi connectivity index (χ0) is 21.8. The summed E-state index contributed by atoms with van der Waals surface area (Å²) in [5.74, 6) is 0.441. The number of nitrogens with zero attached hydrogens (tertiary/aromatic N) is 2. The van der Waals surface area contributed by atoms with E-state index in [-0.39, 0.29) is 17.7 Å². The van der Waals surface area contributed by atoms with Gasteiger partial charge in [-0.1, -0.05) is 42.5 Å². The van der Waals surface area contributed by atoms with Crippen molar-refractivity contribution in [1.29, 1.82) is 5.26 Å². The van der Waals surface area contributed by atoms with Crippen molar-refractivity contribution in [3.8, 4) is 17.6 Å². The Bertz CT molecular complexity index is 1090. The summed E-state index contributed by atoms with van der Waals surface area (Å²) in [6.07, 6.45) is 4.50. The molecule has 1 aliphatic heterocycles. The van der Waals surface area contributed by atoms with Gasteiger partial charge in [0.15, 0.2) is 11.5 Å². The normalized spacial score (nSPS) is 31.7. The number of aliphatic hydroxyl groups is 1. The van der Waals surface area contributed by atoms with Gasteiger partial charge in [-0.3, -0.25) is 0 Å². The maximum absolute atomic E-state index is 12.4. The summed E-state index contributed by atoms with van der Waals surface area (Å²) in [6.45, 7) is 0.793. The van der Waals surface area contributed by atoms with Crippen molar-refractivity contribution in [1.82, 2.24) is 4.90 Å². The lowest BCUT2D eigenvalue weighted by atomic mass is 9.49. The Morgan fingerprint density at radius 1 is 1.23 bits per heavy atom. The van der Waals surface area contributed by atoms with Gasteiger partial charge in [-0.2, -0.15) is 5.26 Å². The molecule has 0 aromatic heterocycles. The van der Waals surface area contributed by atoms with E-state index in [1.807, 2.05) is 30.3 Å². The molecular weight excluding hydrogens is 388 g/mol. The van der Waals surface area contributed by atoms with Crippen LogP contribution in [0.15, 0.2) is 54.1 Å². The number of benzene rings is 2. The number of ether oxygens (including phenoxy) is 1. The van der Waals surface area contributed by atoms with Gasteiger partial charge in [0.1, 0.15) is 0 Å². The molecule has 1 saturated heterocycles. The largest absolute Gasteiger partial charge is 0.504 e. The summed E-state index contributed by atoms with van der Waals surface area (Å²) < 4.78 is 5.40. The third-order valence-corrected chi connectivity index (χ3v) is 7.87. The summed E-state index contributed by atoms with van der Waals surface area (Å²) in [5, 5.41) is 33.6. The lowest BCUT2D eigenvalue weighted by Crippen LogP contribution is -2.71. The van der Waals surface area contributed by atoms with Crippen LogP contribution in [0.25, 0.3) is 0 Å². The minimum atomic E-state index is -1.07. The second-order valence-electron chi connectivity index (χ2n) is 9.30. The fourth-order valence-corrected chi connectivity index (χ4v) is 6.37. The number of hydrogen-bond acceptors (Lipinski definition) is 5. The van der Waals surface area contributed by atoms with Crippen LogP contribution in [0, 0.1) is 17.2 Å². The number of fused-ring (bicyclic) bond motifs is 1. The van der Waals surface area contributed by atoms with E-state index < -0.39 is 11.0 Å². The first-order valence-corrected chi connectivity index (χ1v) is 10.9. The number of aromatic hydroxyl groups is 1. The summed E-state index contributed by atoms with van der Waals surface area (Å²) in [4.78, 5) is 2.24. The third-order valence-electron chi connectivity index (χ3n) is 7.87. The van der Waals surface area contributed by atoms with Crippen LogP contribution >= 0.6 is 0 Å². The monoisotopic (exact) mass is 416 g/mol. The van der Waals surface area contributed by atoms with Crippen molar-refractivity contribution >= 4 is 0 Å². The number of nitriles is 1. The molecule has 3 aliphatic rings. The van der Waals surface area contributed by atoms with E-state index in [0.29, 0.717) is 37.0 Å². The molecule has 0 radical (unpaired) electrons. The number of rotatable bonds is 3. The minimum Gasteiger partial charge on any atom is -0.504 e. The van der Waals surface area contributed by atoms with Gasteiger partial charge in [0.25, 0.3) is 0 Å². The van der Waals surface area contributed by atoms with Gasteiger partial charge in [-0.15, -0.1) is 0 Å². The van der Waals surface area contributed by atoms with E-state index in [4.69, 9.17) is 4.74 Å². The van der Waals surface area contributed by atoms with Gasteiger partial charge in [-0.25, -0.2) is 0 Å². The molecule has 2 aromatic rings. The lowest BCUT2D eigenvalue weighted by Gasteiger charge is -2.62. The Balaban J connectivity index is 1.71. The zero-order valence-electron chi connectivity index (χ0n) is 18.0. The molecule has 4 atom stereocenters. The quantitative estimate of drug-likeness (QED) is 0.803. The van der Waals surface area contributed by atoms with E-state index in [0.717, 1.165) is 23.2 Å². The molecule has 31 heavy (non-hydrogen) atoms. The van der Waals surface area contributed by atoms with Gasteiger partial charge in [0.05, 0.1) is 24.2 Å². The van der Waals surface area contributed by atoms with Crippen molar-refractivity contribution in [3.63, 3.8) is 0 Å². The topological polar surface area (TPSA) is 76.7 Å². The molecule has 2 aromatic carbocycles. The minimum absolute atomic E-state index is 0.0613. The van der Waals surface area contributed by atoms with Gasteiger partial charge in [0.2, 0.25) is 0 Å². The standard InChI is InChI=1S/C26H28N2O3/c1-28-11-10-25-14-20(16-27)19(12-17-6-4-3-5-7-17)15-26(25,30)22(28)13-18-8-9-21(31-2)24(29)23(18)25/h3-9,14,19,22,29-30H,10-13,15H2,1-2H3/t19-,22-,25+,26+/m0/s1. The Morgan fingerprint density at radius 3 is 2.71 bits per heavy atom. The summed E-state index contributed by atoms with van der Waals surface area (Å²) in [6, 6.07) is 16.3. The van der Waals surface area contributed by atoms with Crippen molar-refractivity contribution in [2.24, 2.45) is 5.92 Å². The highest BCUT2D eigenvalue weighted by Gasteiger charge is 2.64. The van der Waals surface area contributed by atoms with Crippen LogP contribution in [-0.4, -0.2) is 47.5 Å². The first-order valence-electron chi connectivity index (χ1n) is 10.9. The van der Waals surface area contributed by atoms with Crippen molar-refractivity contribution in [2.45, 2.75) is 42.7 Å². The van der Waals surface area contributed by atoms with Crippen LogP contribution in [0.4, 0.5) is 0 Å². The van der Waals surface area contributed by atoms with E-state index in [1.54, 1.807) is 13.2 Å². The van der Waals surface area contributed by atoms with Gasteiger partial charge in [-0.05, 0) is 56.5 Å². The molecule has 2 aliphatic carbocycles. The molecule has 0 saturated carbocycles. The van der Waals surface area contributed by atoms with Crippen LogP contribution in [0.1, 0.15) is 29.5 Å². The fraction of sp³-hybridized carbons (Fsp3) is 0.423. The predicted octanol–water partition coefficient (Wildman–Crippen LogP) is 3.34. The Labute approximate surface area is 183 Å². The molecule has 5 heteroatoms. The van der Waals surface area contributed by atoms with Crippen molar-refractivity contribution in [2.75, 3.05) is 20.7 Å². The van der Waals surface area contributed by atoms with Gasteiger partial charge in [0, 0.05) is 23.1 Å². The molecule has 2 N–H and O–H groups in total. The fourth-order valence-electron chi connectivity index (χ4n) is 6.37. The van der Waals surface area contributed by atoms with Crippen LogP contribution in [0.5, 0.6) is 11.5 Å². The van der Waals surface area contributed by atoms with E-state index in [9.17, 15) is 15.5 Å². The number of likely N-dealkylation sites (tertiary alicyclic amines) is 1. The zero-order valence-corrected chi connectivity index (χ0v) is 18.0. The predicted molar refractivity (Wildman–Crippen MR) is 118 cm³/mol. The molecule has 160 valence electrons. The molecule has 2 bridgehead atoms. The maximum Gasteiger partial charge on any atom is 0.162 e. The van der Waals surface area contributed by atoms with Crippen LogP contribution in [0.2, 0.25) is 0 Å². The molecule has 0 spiro atoms. The van der Waals surface area contributed by atoms with Crippen LogP contribution in [-0.2, 0) is 18.3 Å². The molecule has 1 fully saturated rings. The molecular formula is C26H28N2O3. The van der Waals surface area contributed by atoms with Crippen molar-refractivity contribution in [3.05, 3.63) is 70.8 Å². The summed E-state index contributed by atoms with van der Waals surface area (Å²) >= 11 is 0. The van der Waals surface area contributed by atoms with Gasteiger partial charge >= 0.3 is 0 Å². The third kappa shape index (κ3) is 2.75. The van der Waals surface area contributed by atoms with E-state index >= 15 is 0 Å². The second kappa shape index (κ2) is 7.12. The average Bonchev–Trinajstić information content (AvgIpc) is 2.76. The summed E-state index contributed by atoms with van der Waals surface area (Å²) in [5.41, 5.74) is 1.75.